The van der Waals surface area contributed by atoms with Crippen LogP contribution in [0.1, 0.15) is 29.7 Å². The maximum absolute atomic E-state index is 14.1. The van der Waals surface area contributed by atoms with Gasteiger partial charge in [-0.1, -0.05) is 52.7 Å². The third-order valence-corrected chi connectivity index (χ3v) is 3.89. The van der Waals surface area contributed by atoms with Crippen LogP contribution in [-0.2, 0) is 0 Å². The predicted molar refractivity (Wildman–Crippen MR) is 80.8 cm³/mol. The molecule has 2 aromatic rings. The lowest BCUT2D eigenvalue weighted by Gasteiger charge is -2.21. The van der Waals surface area contributed by atoms with Gasteiger partial charge in [-0.05, 0) is 31.2 Å². The van der Waals surface area contributed by atoms with Gasteiger partial charge in [-0.2, -0.15) is 0 Å². The Morgan fingerprint density at radius 2 is 1.90 bits per heavy atom. The lowest BCUT2D eigenvalue weighted by molar-refractivity contribution is 0.482. The van der Waals surface area contributed by atoms with Crippen LogP contribution in [0, 0.1) is 18.6 Å². The summed E-state index contributed by atoms with van der Waals surface area (Å²) < 4.78 is 28.4. The fourth-order valence-electron chi connectivity index (χ4n) is 2.22. The van der Waals surface area contributed by atoms with Crippen LogP contribution in [-0.4, -0.2) is 6.54 Å². The van der Waals surface area contributed by atoms with Crippen LogP contribution in [0.25, 0.3) is 0 Å². The molecule has 2 rings (SSSR count). The minimum absolute atomic E-state index is 0.318. The molecule has 0 saturated heterocycles. The van der Waals surface area contributed by atoms with Crippen molar-refractivity contribution in [3.05, 3.63) is 69.2 Å². The molecule has 0 amide bonds. The monoisotopic (exact) mass is 339 g/mol. The minimum Gasteiger partial charge on any atom is -0.306 e. The van der Waals surface area contributed by atoms with Crippen LogP contribution < -0.4 is 5.32 Å². The summed E-state index contributed by atoms with van der Waals surface area (Å²) in [5.74, 6) is -1.62. The molecule has 0 radical (unpaired) electrons. The number of nitrogens with one attached hydrogen (secondary N) is 1. The first-order chi connectivity index (χ1) is 9.54. The van der Waals surface area contributed by atoms with Gasteiger partial charge in [0.2, 0.25) is 0 Å². The Morgan fingerprint density at radius 3 is 2.60 bits per heavy atom. The first-order valence-electron chi connectivity index (χ1n) is 6.48. The summed E-state index contributed by atoms with van der Waals surface area (Å²) in [5, 5.41) is 3.21. The van der Waals surface area contributed by atoms with Crippen molar-refractivity contribution in [3.63, 3.8) is 0 Å². The molecule has 0 heterocycles. The number of benzene rings is 2. The van der Waals surface area contributed by atoms with Crippen molar-refractivity contribution in [2.45, 2.75) is 19.9 Å². The van der Waals surface area contributed by atoms with Crippen LogP contribution in [0.5, 0.6) is 0 Å². The standard InChI is InChI=1S/C16H16BrF2N/c1-3-20-16(11-5-4-6-14(18)15(11)19)12-9-10(2)7-8-13(12)17/h4-9,16,20H,3H2,1-2H3. The number of hydrogen-bond acceptors (Lipinski definition) is 1. The summed E-state index contributed by atoms with van der Waals surface area (Å²) in [6.07, 6.45) is 0. The van der Waals surface area contributed by atoms with E-state index < -0.39 is 11.6 Å². The highest BCUT2D eigenvalue weighted by Crippen LogP contribution is 2.31. The molecule has 20 heavy (non-hydrogen) atoms. The number of hydrogen-bond donors (Lipinski definition) is 1. The van der Waals surface area contributed by atoms with Crippen molar-refractivity contribution in [2.24, 2.45) is 0 Å². The average molecular weight is 340 g/mol. The van der Waals surface area contributed by atoms with Crippen LogP contribution >= 0.6 is 15.9 Å². The molecule has 0 spiro atoms. The van der Waals surface area contributed by atoms with Crippen LogP contribution in [0.2, 0.25) is 0 Å². The number of rotatable bonds is 4. The molecule has 0 aromatic heterocycles. The van der Waals surface area contributed by atoms with Gasteiger partial charge in [-0.15, -0.1) is 0 Å². The molecule has 0 bridgehead atoms. The van der Waals surface area contributed by atoms with Crippen molar-refractivity contribution in [1.82, 2.24) is 5.32 Å². The zero-order chi connectivity index (χ0) is 14.7. The molecule has 106 valence electrons. The van der Waals surface area contributed by atoms with Gasteiger partial charge in [0.25, 0.3) is 0 Å². The Balaban J connectivity index is 2.56. The van der Waals surface area contributed by atoms with E-state index >= 15 is 0 Å². The highest BCUT2D eigenvalue weighted by atomic mass is 79.9. The summed E-state index contributed by atoms with van der Waals surface area (Å²) in [5.41, 5.74) is 2.29. The SMILES string of the molecule is CCNC(c1cc(C)ccc1Br)c1cccc(F)c1F. The first-order valence-corrected chi connectivity index (χ1v) is 7.27. The fourth-order valence-corrected chi connectivity index (χ4v) is 2.69. The van der Waals surface area contributed by atoms with E-state index in [0.29, 0.717) is 12.1 Å². The van der Waals surface area contributed by atoms with Crippen molar-refractivity contribution < 1.29 is 8.78 Å². The van der Waals surface area contributed by atoms with Crippen molar-refractivity contribution >= 4 is 15.9 Å². The molecule has 0 aliphatic heterocycles. The molecular weight excluding hydrogens is 324 g/mol. The molecular formula is C16H16BrF2N. The summed E-state index contributed by atoms with van der Waals surface area (Å²) in [7, 11) is 0. The second-order valence-corrected chi connectivity index (χ2v) is 5.51. The van der Waals surface area contributed by atoms with Crippen molar-refractivity contribution in [2.75, 3.05) is 6.54 Å². The summed E-state index contributed by atoms with van der Waals surface area (Å²) in [4.78, 5) is 0. The molecule has 1 nitrogen and oxygen atoms in total. The largest absolute Gasteiger partial charge is 0.306 e. The lowest BCUT2D eigenvalue weighted by Crippen LogP contribution is -2.23. The smallest absolute Gasteiger partial charge is 0.163 e. The summed E-state index contributed by atoms with van der Waals surface area (Å²) >= 11 is 3.49. The second-order valence-electron chi connectivity index (χ2n) is 4.66. The zero-order valence-electron chi connectivity index (χ0n) is 11.4. The summed E-state index contributed by atoms with van der Waals surface area (Å²) in [6.45, 7) is 4.57. The maximum Gasteiger partial charge on any atom is 0.163 e. The van der Waals surface area contributed by atoms with Gasteiger partial charge in [-0.3, -0.25) is 0 Å². The highest BCUT2D eigenvalue weighted by Gasteiger charge is 2.21. The molecule has 0 aliphatic rings. The van der Waals surface area contributed by atoms with Crippen molar-refractivity contribution in [3.8, 4) is 0 Å². The third kappa shape index (κ3) is 3.07. The molecule has 1 unspecified atom stereocenters. The number of aryl methyl sites for hydroxylation is 1. The van der Waals surface area contributed by atoms with E-state index in [4.69, 9.17) is 0 Å². The van der Waals surface area contributed by atoms with E-state index in [0.717, 1.165) is 21.7 Å². The number of halogens is 3. The Morgan fingerprint density at radius 1 is 1.15 bits per heavy atom. The lowest BCUT2D eigenvalue weighted by atomic mass is 9.96. The maximum atomic E-state index is 14.1. The molecule has 0 fully saturated rings. The van der Waals surface area contributed by atoms with Gasteiger partial charge in [-0.25, -0.2) is 8.78 Å². The minimum atomic E-state index is -0.825. The van der Waals surface area contributed by atoms with E-state index in [2.05, 4.69) is 21.2 Å². The first kappa shape index (κ1) is 15.1. The molecule has 2 aromatic carbocycles. The van der Waals surface area contributed by atoms with Crippen LogP contribution in [0.3, 0.4) is 0 Å². The highest BCUT2D eigenvalue weighted by molar-refractivity contribution is 9.10. The quantitative estimate of drug-likeness (QED) is 0.848. The molecule has 1 atom stereocenters. The van der Waals surface area contributed by atoms with Gasteiger partial charge in [0, 0.05) is 10.0 Å². The van der Waals surface area contributed by atoms with Gasteiger partial charge in [0.15, 0.2) is 11.6 Å². The third-order valence-electron chi connectivity index (χ3n) is 3.16. The normalized spacial score (nSPS) is 12.4. The predicted octanol–water partition coefficient (Wildman–Crippen LogP) is 4.73. The van der Waals surface area contributed by atoms with E-state index in [9.17, 15) is 8.78 Å². The van der Waals surface area contributed by atoms with Gasteiger partial charge < -0.3 is 5.32 Å². The topological polar surface area (TPSA) is 12.0 Å². The molecule has 0 saturated carbocycles. The molecule has 0 aliphatic carbocycles. The van der Waals surface area contributed by atoms with Crippen LogP contribution in [0.15, 0.2) is 40.9 Å². The average Bonchev–Trinajstić information content (AvgIpc) is 2.43. The van der Waals surface area contributed by atoms with Crippen molar-refractivity contribution in [1.29, 1.82) is 0 Å². The van der Waals surface area contributed by atoms with E-state index in [1.165, 1.54) is 6.07 Å². The Labute approximate surface area is 126 Å². The molecule has 4 heteroatoms. The Hall–Kier alpha value is -1.26. The molecule has 1 N–H and O–H groups in total. The second kappa shape index (κ2) is 6.46. The Bertz CT molecular complexity index is 611. The van der Waals surface area contributed by atoms with Gasteiger partial charge in [0.1, 0.15) is 0 Å². The Kier molecular flexibility index (Phi) is 4.89. The summed E-state index contributed by atoms with van der Waals surface area (Å²) in [6, 6.07) is 9.76. The fraction of sp³-hybridized carbons (Fsp3) is 0.250. The van der Waals surface area contributed by atoms with Crippen LogP contribution in [0.4, 0.5) is 8.78 Å². The van der Waals surface area contributed by atoms with E-state index in [-0.39, 0.29) is 6.04 Å². The van der Waals surface area contributed by atoms with E-state index in [1.54, 1.807) is 6.07 Å². The van der Waals surface area contributed by atoms with Gasteiger partial charge >= 0.3 is 0 Å². The van der Waals surface area contributed by atoms with E-state index in [1.807, 2.05) is 32.0 Å². The van der Waals surface area contributed by atoms with Gasteiger partial charge in [0.05, 0.1) is 6.04 Å². The zero-order valence-corrected chi connectivity index (χ0v) is 13.0.